The highest BCUT2D eigenvalue weighted by molar-refractivity contribution is 6.45. The maximum atomic E-state index is 13.8. The first-order valence-corrected chi connectivity index (χ1v) is 11.5. The van der Waals surface area contributed by atoms with Gasteiger partial charge in [0.1, 0.15) is 5.70 Å². The molecule has 34 heavy (non-hydrogen) atoms. The van der Waals surface area contributed by atoms with Crippen LogP contribution in [0.5, 0.6) is 0 Å². The average molecular weight is 454 g/mol. The van der Waals surface area contributed by atoms with Gasteiger partial charge in [0.25, 0.3) is 11.8 Å². The van der Waals surface area contributed by atoms with Crippen molar-refractivity contribution in [1.82, 2.24) is 14.9 Å². The highest BCUT2D eigenvalue weighted by Crippen LogP contribution is 2.36. The number of hydrogen-bond donors (Lipinski definition) is 0. The Kier molecular flexibility index (Phi) is 5.61. The van der Waals surface area contributed by atoms with E-state index in [2.05, 4.69) is 14.9 Å². The van der Waals surface area contributed by atoms with E-state index in [1.165, 1.54) is 4.90 Å². The zero-order valence-electron chi connectivity index (χ0n) is 19.7. The molecule has 2 amide bonds. The van der Waals surface area contributed by atoms with Crippen molar-refractivity contribution < 1.29 is 9.59 Å². The number of carbonyl (C=O) groups is 2. The number of anilines is 2. The summed E-state index contributed by atoms with van der Waals surface area (Å²) in [7, 11) is 0. The van der Waals surface area contributed by atoms with Crippen LogP contribution in [0.3, 0.4) is 0 Å². The van der Waals surface area contributed by atoms with Crippen molar-refractivity contribution in [2.24, 2.45) is 0 Å². The Bertz CT molecular complexity index is 1260. The monoisotopic (exact) mass is 453 g/mol. The molecule has 1 fully saturated rings. The van der Waals surface area contributed by atoms with Crippen molar-refractivity contribution >= 4 is 29.0 Å². The number of hydrogen-bond acceptors (Lipinski definition) is 6. The number of aromatic nitrogens is 2. The quantitative estimate of drug-likeness (QED) is 0.563. The van der Waals surface area contributed by atoms with Crippen LogP contribution in [0.25, 0.3) is 5.57 Å². The molecule has 7 heteroatoms. The lowest BCUT2D eigenvalue weighted by molar-refractivity contribution is -0.120. The number of nitrogens with zero attached hydrogens (tertiary/aromatic N) is 5. The fraction of sp³-hybridized carbons (Fsp3) is 0.259. The Morgan fingerprint density at radius 1 is 0.706 bits per heavy atom. The van der Waals surface area contributed by atoms with Crippen LogP contribution in [0.1, 0.15) is 22.3 Å². The summed E-state index contributed by atoms with van der Waals surface area (Å²) in [6.07, 6.45) is 3.46. The molecule has 0 unspecified atom stereocenters. The van der Waals surface area contributed by atoms with Gasteiger partial charge < -0.3 is 9.80 Å². The van der Waals surface area contributed by atoms with Gasteiger partial charge >= 0.3 is 0 Å². The van der Waals surface area contributed by atoms with E-state index in [0.29, 0.717) is 49.1 Å². The predicted molar refractivity (Wildman–Crippen MR) is 132 cm³/mol. The second-order valence-corrected chi connectivity index (χ2v) is 8.90. The van der Waals surface area contributed by atoms with Crippen LogP contribution in [0, 0.1) is 20.8 Å². The summed E-state index contributed by atoms with van der Waals surface area (Å²) in [6.45, 7) is 8.49. The highest BCUT2D eigenvalue weighted by atomic mass is 16.2. The van der Waals surface area contributed by atoms with Gasteiger partial charge in [-0.2, -0.15) is 0 Å². The Morgan fingerprint density at radius 3 is 1.91 bits per heavy atom. The molecule has 2 aliphatic heterocycles. The highest BCUT2D eigenvalue weighted by Gasteiger charge is 2.43. The number of benzene rings is 2. The van der Waals surface area contributed by atoms with E-state index in [1.54, 1.807) is 18.5 Å². The molecule has 0 radical (unpaired) electrons. The number of carbonyl (C=O) groups excluding carboxylic acids is 2. The zero-order valence-corrected chi connectivity index (χ0v) is 19.7. The first-order valence-electron chi connectivity index (χ1n) is 11.5. The molecule has 0 bridgehead atoms. The molecular formula is C27H27N5O2. The molecule has 0 saturated carbocycles. The van der Waals surface area contributed by atoms with Gasteiger partial charge in [0, 0.05) is 38.6 Å². The minimum absolute atomic E-state index is 0.269. The van der Waals surface area contributed by atoms with Gasteiger partial charge in [-0.05, 0) is 55.7 Å². The number of amides is 2. The summed E-state index contributed by atoms with van der Waals surface area (Å²) in [5.41, 5.74) is 5.44. The molecule has 3 aromatic rings. The predicted octanol–water partition coefficient (Wildman–Crippen LogP) is 3.51. The first-order chi connectivity index (χ1) is 16.4. The Balaban J connectivity index is 1.52. The number of piperazine rings is 1. The lowest BCUT2D eigenvalue weighted by Crippen LogP contribution is -2.48. The Hall–Kier alpha value is -4.00. The van der Waals surface area contributed by atoms with E-state index in [9.17, 15) is 9.59 Å². The third-order valence-corrected chi connectivity index (χ3v) is 6.30. The molecule has 2 aliphatic rings. The molecule has 1 aromatic heterocycles. The van der Waals surface area contributed by atoms with Crippen molar-refractivity contribution in [1.29, 1.82) is 0 Å². The Labute approximate surface area is 199 Å². The minimum Gasteiger partial charge on any atom is -0.363 e. The van der Waals surface area contributed by atoms with Gasteiger partial charge in [0.05, 0.1) is 11.3 Å². The zero-order chi connectivity index (χ0) is 23.8. The summed E-state index contributed by atoms with van der Waals surface area (Å²) >= 11 is 0. The molecule has 172 valence electrons. The molecule has 0 atom stereocenters. The average Bonchev–Trinajstić information content (AvgIpc) is 3.09. The maximum absolute atomic E-state index is 13.8. The van der Waals surface area contributed by atoms with E-state index >= 15 is 0 Å². The van der Waals surface area contributed by atoms with Crippen LogP contribution in [0.2, 0.25) is 0 Å². The standard InChI is InChI=1S/C27H27N5O2/c1-18-5-7-21(8-6-18)23-24(30-11-13-31(14-12-30)27-28-9-4-10-29-27)26(34)32(25(23)33)22-16-19(2)15-20(3)17-22/h4-10,15-17H,11-14H2,1-3H3. The van der Waals surface area contributed by atoms with Gasteiger partial charge in [0.15, 0.2) is 0 Å². The normalized spacial score (nSPS) is 16.6. The molecule has 5 rings (SSSR count). The van der Waals surface area contributed by atoms with Crippen LogP contribution in [-0.2, 0) is 9.59 Å². The lowest BCUT2D eigenvalue weighted by Gasteiger charge is -2.36. The van der Waals surface area contributed by atoms with Crippen LogP contribution >= 0.6 is 0 Å². The van der Waals surface area contributed by atoms with Crippen molar-refractivity contribution in [3.8, 4) is 0 Å². The topological polar surface area (TPSA) is 69.6 Å². The van der Waals surface area contributed by atoms with E-state index in [1.807, 2.05) is 68.1 Å². The fourth-order valence-electron chi connectivity index (χ4n) is 4.69. The molecule has 0 spiro atoms. The fourth-order valence-corrected chi connectivity index (χ4v) is 4.69. The van der Waals surface area contributed by atoms with E-state index in [-0.39, 0.29) is 11.8 Å². The summed E-state index contributed by atoms with van der Waals surface area (Å²) in [5.74, 6) is 0.137. The van der Waals surface area contributed by atoms with Gasteiger partial charge in [-0.15, -0.1) is 0 Å². The first kappa shape index (κ1) is 21.8. The number of rotatable bonds is 4. The summed E-state index contributed by atoms with van der Waals surface area (Å²) in [5, 5.41) is 0. The Morgan fingerprint density at radius 2 is 1.29 bits per heavy atom. The van der Waals surface area contributed by atoms with Gasteiger partial charge in [0.2, 0.25) is 5.95 Å². The second-order valence-electron chi connectivity index (χ2n) is 8.90. The van der Waals surface area contributed by atoms with Gasteiger partial charge in [-0.1, -0.05) is 35.9 Å². The summed E-state index contributed by atoms with van der Waals surface area (Å²) in [6, 6.07) is 15.4. The van der Waals surface area contributed by atoms with Crippen LogP contribution in [0.4, 0.5) is 11.6 Å². The molecule has 3 heterocycles. The largest absolute Gasteiger partial charge is 0.363 e. The third-order valence-electron chi connectivity index (χ3n) is 6.30. The van der Waals surface area contributed by atoms with Crippen molar-refractivity contribution in [3.63, 3.8) is 0 Å². The second kappa shape index (κ2) is 8.74. The van der Waals surface area contributed by atoms with Crippen LogP contribution < -0.4 is 9.80 Å². The van der Waals surface area contributed by atoms with Crippen molar-refractivity contribution in [2.75, 3.05) is 36.0 Å². The van der Waals surface area contributed by atoms with Crippen molar-refractivity contribution in [2.45, 2.75) is 20.8 Å². The van der Waals surface area contributed by atoms with E-state index in [0.717, 1.165) is 22.3 Å². The molecule has 2 aromatic carbocycles. The SMILES string of the molecule is Cc1ccc(C2=C(N3CCN(c4ncccn4)CC3)C(=O)N(c3cc(C)cc(C)c3)C2=O)cc1. The van der Waals surface area contributed by atoms with Crippen LogP contribution in [-0.4, -0.2) is 52.9 Å². The molecule has 1 saturated heterocycles. The van der Waals surface area contributed by atoms with Gasteiger partial charge in [-0.25, -0.2) is 14.9 Å². The third kappa shape index (κ3) is 3.94. The molecule has 7 nitrogen and oxygen atoms in total. The summed E-state index contributed by atoms with van der Waals surface area (Å²) in [4.78, 5) is 41.7. The van der Waals surface area contributed by atoms with E-state index < -0.39 is 0 Å². The molecular weight excluding hydrogens is 426 g/mol. The van der Waals surface area contributed by atoms with Crippen molar-refractivity contribution in [3.05, 3.63) is 88.9 Å². The number of aryl methyl sites for hydroxylation is 3. The summed E-state index contributed by atoms with van der Waals surface area (Å²) < 4.78 is 0. The number of imide groups is 1. The van der Waals surface area contributed by atoms with Crippen LogP contribution in [0.15, 0.2) is 66.6 Å². The maximum Gasteiger partial charge on any atom is 0.282 e. The lowest BCUT2D eigenvalue weighted by atomic mass is 10.0. The van der Waals surface area contributed by atoms with Gasteiger partial charge in [-0.3, -0.25) is 9.59 Å². The smallest absolute Gasteiger partial charge is 0.282 e. The van der Waals surface area contributed by atoms with E-state index in [4.69, 9.17) is 0 Å². The molecule has 0 N–H and O–H groups in total. The minimum atomic E-state index is -0.275. The molecule has 0 aliphatic carbocycles.